The number of hydrogen-bond donors (Lipinski definition) is 0. The topological polar surface area (TPSA) is 51.1 Å². The first-order valence-electron chi connectivity index (χ1n) is 11.3. The molecule has 1 saturated heterocycles. The maximum absolute atomic E-state index is 13.7. The number of benzene rings is 2. The van der Waals surface area contributed by atoms with Gasteiger partial charge >= 0.3 is 0 Å². The largest absolute Gasteiger partial charge is 0.493 e. The molecule has 34 heavy (non-hydrogen) atoms. The fourth-order valence-corrected chi connectivity index (χ4v) is 6.00. The number of rotatable bonds is 6. The molecule has 1 amide bonds. The molecule has 7 heteroatoms. The summed E-state index contributed by atoms with van der Waals surface area (Å²) in [5, 5.41) is 0.737. The van der Waals surface area contributed by atoms with E-state index in [1.807, 2.05) is 53.4 Å². The third kappa shape index (κ3) is 5.34. The van der Waals surface area contributed by atoms with Crippen molar-refractivity contribution < 1.29 is 14.3 Å². The summed E-state index contributed by atoms with van der Waals surface area (Å²) in [6, 6.07) is 13.7. The number of amides is 1. The van der Waals surface area contributed by atoms with E-state index < -0.39 is 0 Å². The Labute approximate surface area is 213 Å². The molecule has 5 nitrogen and oxygen atoms in total. The number of terminal acetylenes is 1. The number of methoxy groups -OCH3 is 1. The van der Waals surface area contributed by atoms with Gasteiger partial charge in [0.05, 0.1) is 22.2 Å². The van der Waals surface area contributed by atoms with E-state index in [0.717, 1.165) is 35.7 Å². The Hall–Kier alpha value is -2.69. The molecule has 1 saturated carbocycles. The number of hydrogen-bond acceptors (Lipinski definition) is 5. The lowest BCUT2D eigenvalue weighted by atomic mass is 9.85. The molecule has 1 aliphatic heterocycles. The number of nitrogens with zero attached hydrogens (tertiary/aromatic N) is 2. The lowest BCUT2D eigenvalue weighted by Crippen LogP contribution is -2.44. The molecule has 176 valence electrons. The maximum Gasteiger partial charge on any atom is 0.267 e. The predicted octanol–water partition coefficient (Wildman–Crippen LogP) is 6.65. The van der Waals surface area contributed by atoms with Crippen LogP contribution in [-0.2, 0) is 4.79 Å². The predicted molar refractivity (Wildman–Crippen MR) is 142 cm³/mol. The number of amidine groups is 1. The van der Waals surface area contributed by atoms with Crippen molar-refractivity contribution in [1.82, 2.24) is 4.90 Å². The Morgan fingerprint density at radius 3 is 2.74 bits per heavy atom. The highest BCUT2D eigenvalue weighted by atomic mass is 79.9. The summed E-state index contributed by atoms with van der Waals surface area (Å²) in [4.78, 5) is 21.1. The van der Waals surface area contributed by atoms with Crippen molar-refractivity contribution in [3.05, 3.63) is 57.4 Å². The highest BCUT2D eigenvalue weighted by Crippen LogP contribution is 2.42. The normalized spacial score (nSPS) is 22.8. The lowest BCUT2D eigenvalue weighted by Gasteiger charge is -2.35. The van der Waals surface area contributed by atoms with Gasteiger partial charge in [0.25, 0.3) is 5.91 Å². The van der Waals surface area contributed by atoms with Gasteiger partial charge in [-0.1, -0.05) is 43.9 Å². The molecule has 0 radical (unpaired) electrons. The van der Waals surface area contributed by atoms with Gasteiger partial charge in [0, 0.05) is 6.04 Å². The second-order valence-corrected chi connectivity index (χ2v) is 10.2. The summed E-state index contributed by atoms with van der Waals surface area (Å²) in [6.45, 7) is 2.37. The molecular weight excluding hydrogens is 512 g/mol. The molecule has 0 unspecified atom stereocenters. The zero-order chi connectivity index (χ0) is 24.1. The third-order valence-electron chi connectivity index (χ3n) is 6.07. The van der Waals surface area contributed by atoms with Gasteiger partial charge in [0.2, 0.25) is 0 Å². The van der Waals surface area contributed by atoms with Crippen molar-refractivity contribution in [2.75, 3.05) is 13.7 Å². The Bertz CT molecular complexity index is 1160. The van der Waals surface area contributed by atoms with Crippen molar-refractivity contribution in [2.24, 2.45) is 10.9 Å². The van der Waals surface area contributed by atoms with Gasteiger partial charge in [-0.2, -0.15) is 0 Å². The van der Waals surface area contributed by atoms with Crippen LogP contribution in [0, 0.1) is 18.3 Å². The lowest BCUT2D eigenvalue weighted by molar-refractivity contribution is -0.124. The fourth-order valence-electron chi connectivity index (χ4n) is 4.38. The summed E-state index contributed by atoms with van der Waals surface area (Å²) in [5.41, 5.74) is 1.66. The third-order valence-corrected chi connectivity index (χ3v) is 7.64. The highest BCUT2D eigenvalue weighted by molar-refractivity contribution is 9.10. The van der Waals surface area contributed by atoms with E-state index in [1.54, 1.807) is 7.11 Å². The highest BCUT2D eigenvalue weighted by Gasteiger charge is 2.41. The van der Waals surface area contributed by atoms with Crippen molar-refractivity contribution in [3.63, 3.8) is 0 Å². The minimum atomic E-state index is 0.00109. The van der Waals surface area contributed by atoms with Gasteiger partial charge in [-0.05, 0) is 82.4 Å². The van der Waals surface area contributed by atoms with Gasteiger partial charge in [-0.25, -0.2) is 4.99 Å². The van der Waals surface area contributed by atoms with E-state index in [9.17, 15) is 4.79 Å². The van der Waals surface area contributed by atoms with E-state index in [1.165, 1.54) is 18.2 Å². The number of ether oxygens (including phenoxy) is 2. The zero-order valence-electron chi connectivity index (χ0n) is 19.3. The van der Waals surface area contributed by atoms with Crippen LogP contribution in [0.3, 0.4) is 0 Å². The number of aliphatic imine (C=N–C) groups is 1. The van der Waals surface area contributed by atoms with Crippen LogP contribution in [0.2, 0.25) is 0 Å². The van der Waals surface area contributed by atoms with Crippen LogP contribution in [-0.4, -0.2) is 35.7 Å². The van der Waals surface area contributed by atoms with E-state index >= 15 is 0 Å². The molecule has 0 bridgehead atoms. The van der Waals surface area contributed by atoms with E-state index in [4.69, 9.17) is 20.9 Å². The molecule has 2 fully saturated rings. The van der Waals surface area contributed by atoms with Crippen LogP contribution < -0.4 is 9.47 Å². The average molecular weight is 539 g/mol. The van der Waals surface area contributed by atoms with Crippen LogP contribution >= 0.6 is 27.7 Å². The van der Waals surface area contributed by atoms with Crippen LogP contribution in [0.25, 0.3) is 6.08 Å². The Balaban J connectivity index is 1.71. The molecule has 0 N–H and O–H groups in total. The van der Waals surface area contributed by atoms with Crippen molar-refractivity contribution in [1.29, 1.82) is 0 Å². The van der Waals surface area contributed by atoms with Crippen molar-refractivity contribution in [2.45, 2.75) is 38.6 Å². The van der Waals surface area contributed by atoms with E-state index in [2.05, 4.69) is 28.8 Å². The minimum Gasteiger partial charge on any atom is -0.493 e. The molecule has 2 atom stereocenters. The molecule has 0 aromatic heterocycles. The van der Waals surface area contributed by atoms with Crippen molar-refractivity contribution >= 4 is 50.5 Å². The number of carbonyl (C=O) groups is 1. The number of thioether (sulfide) groups is 1. The smallest absolute Gasteiger partial charge is 0.267 e. The number of carbonyl (C=O) groups excluding carboxylic acids is 1. The molecular formula is C27H27BrN2O3S. The summed E-state index contributed by atoms with van der Waals surface area (Å²) in [7, 11) is 1.58. The SMILES string of the molecule is C#CCOc1c(Br)cc(/C=C2\SC(=Nc3ccccc3)N([C@H]3CCCC[C@@H]3C)C2=O)cc1OC. The molecule has 2 aromatic carbocycles. The molecule has 1 heterocycles. The second-order valence-electron chi connectivity index (χ2n) is 8.37. The Kier molecular flexibility index (Phi) is 8.02. The van der Waals surface area contributed by atoms with Gasteiger partial charge in [-0.15, -0.1) is 6.42 Å². The zero-order valence-corrected chi connectivity index (χ0v) is 21.7. The van der Waals surface area contributed by atoms with E-state index in [0.29, 0.717) is 26.8 Å². The van der Waals surface area contributed by atoms with Crippen LogP contribution in [0.1, 0.15) is 38.2 Å². The van der Waals surface area contributed by atoms with Gasteiger partial charge in [0.1, 0.15) is 6.61 Å². The molecule has 0 spiro atoms. The minimum absolute atomic E-state index is 0.00109. The van der Waals surface area contributed by atoms with Gasteiger partial charge < -0.3 is 9.47 Å². The maximum atomic E-state index is 13.7. The fraction of sp³-hybridized carbons (Fsp3) is 0.333. The second kappa shape index (κ2) is 11.2. The van der Waals surface area contributed by atoms with E-state index in [-0.39, 0.29) is 18.6 Å². The monoisotopic (exact) mass is 538 g/mol. The summed E-state index contributed by atoms with van der Waals surface area (Å²) < 4.78 is 11.8. The molecule has 4 rings (SSSR count). The first kappa shape index (κ1) is 24.4. The first-order chi connectivity index (χ1) is 16.5. The van der Waals surface area contributed by atoms with Crippen LogP contribution in [0.4, 0.5) is 5.69 Å². The first-order valence-corrected chi connectivity index (χ1v) is 12.9. The average Bonchev–Trinajstić information content (AvgIpc) is 3.13. The molecule has 1 aliphatic carbocycles. The number of halogens is 1. The van der Waals surface area contributed by atoms with Gasteiger partial charge in [0.15, 0.2) is 16.7 Å². The standard InChI is InChI=1S/C27H27BrN2O3S/c1-4-14-33-25-21(28)15-19(16-23(25)32-3)17-24-26(31)30(22-13-9-8-10-18(22)2)27(34-24)29-20-11-6-5-7-12-20/h1,5-7,11-12,15-18,22H,8-10,13-14H2,2-3H3/b24-17-,29-27?/t18-,22-/m0/s1. The Morgan fingerprint density at radius 1 is 1.26 bits per heavy atom. The Morgan fingerprint density at radius 2 is 2.03 bits per heavy atom. The molecule has 2 aliphatic rings. The van der Waals surface area contributed by atoms with Gasteiger partial charge in [-0.3, -0.25) is 9.69 Å². The van der Waals surface area contributed by atoms with Crippen molar-refractivity contribution in [3.8, 4) is 23.8 Å². The van der Waals surface area contributed by atoms with Crippen LogP contribution in [0.15, 0.2) is 56.8 Å². The quantitative estimate of drug-likeness (QED) is 0.305. The number of para-hydroxylation sites is 1. The summed E-state index contributed by atoms with van der Waals surface area (Å²) >= 11 is 4.97. The summed E-state index contributed by atoms with van der Waals surface area (Å²) in [6.07, 6.45) is 11.7. The molecule has 2 aromatic rings. The summed E-state index contributed by atoms with van der Waals surface area (Å²) in [5.74, 6) is 3.98. The van der Waals surface area contributed by atoms with Crippen LogP contribution in [0.5, 0.6) is 11.5 Å².